The van der Waals surface area contributed by atoms with Gasteiger partial charge in [-0.1, -0.05) is 17.7 Å². The molecule has 0 saturated heterocycles. The van der Waals surface area contributed by atoms with Crippen LogP contribution in [0.1, 0.15) is 31.1 Å². The maximum absolute atomic E-state index is 12.6. The van der Waals surface area contributed by atoms with E-state index in [1.54, 1.807) is 51.1 Å². The van der Waals surface area contributed by atoms with Gasteiger partial charge in [0.05, 0.1) is 24.9 Å². The van der Waals surface area contributed by atoms with Crippen LogP contribution in [-0.2, 0) is 4.74 Å². The van der Waals surface area contributed by atoms with Crippen molar-refractivity contribution in [3.63, 3.8) is 0 Å². The second-order valence-corrected chi connectivity index (χ2v) is 7.26. The van der Waals surface area contributed by atoms with Gasteiger partial charge in [0.2, 0.25) is 0 Å². The van der Waals surface area contributed by atoms with Gasteiger partial charge in [-0.2, -0.15) is 0 Å². The Kier molecular flexibility index (Phi) is 6.75. The summed E-state index contributed by atoms with van der Waals surface area (Å²) in [5.41, 5.74) is 0.512. The van der Waals surface area contributed by atoms with E-state index in [1.807, 2.05) is 0 Å². The van der Waals surface area contributed by atoms with Gasteiger partial charge in [-0.05, 0) is 39.0 Å². The topological polar surface area (TPSA) is 85.9 Å². The predicted molar refractivity (Wildman–Crippen MR) is 109 cm³/mol. The molecule has 0 unspecified atom stereocenters. The van der Waals surface area contributed by atoms with Crippen LogP contribution in [0.4, 0.5) is 16.2 Å². The summed E-state index contributed by atoms with van der Waals surface area (Å²) in [4.78, 5) is 24.5. The number of ether oxygens (including phenoxy) is 3. The zero-order valence-electron chi connectivity index (χ0n) is 16.4. The molecule has 0 aliphatic carbocycles. The minimum atomic E-state index is -0.622. The summed E-state index contributed by atoms with van der Waals surface area (Å²) in [6.45, 7) is 5.30. The summed E-state index contributed by atoms with van der Waals surface area (Å²) in [5.74, 6) is 0.485. The number of benzene rings is 2. The van der Waals surface area contributed by atoms with Crippen LogP contribution >= 0.6 is 11.6 Å². The van der Waals surface area contributed by atoms with E-state index in [4.69, 9.17) is 25.8 Å². The standard InChI is InChI=1S/C20H23ClN2O5/c1-20(2,3)28-19(25)22-13-8-6-7-12(9-13)18(24)23-15-11-17(27-5)16(26-4)10-14(15)21/h6-11H,1-5H3,(H,22,25)(H,23,24). The highest BCUT2D eigenvalue weighted by atomic mass is 35.5. The van der Waals surface area contributed by atoms with Crippen molar-refractivity contribution in [3.8, 4) is 11.5 Å². The third-order valence-electron chi connectivity index (χ3n) is 3.49. The lowest BCUT2D eigenvalue weighted by molar-refractivity contribution is 0.0635. The zero-order chi connectivity index (χ0) is 20.9. The summed E-state index contributed by atoms with van der Waals surface area (Å²) in [6, 6.07) is 9.58. The fraction of sp³-hybridized carbons (Fsp3) is 0.300. The first-order valence-corrected chi connectivity index (χ1v) is 8.83. The molecule has 2 amide bonds. The molecule has 7 nitrogen and oxygen atoms in total. The molecule has 2 aromatic carbocycles. The number of carbonyl (C=O) groups excluding carboxylic acids is 2. The molecule has 2 aromatic rings. The number of rotatable bonds is 5. The van der Waals surface area contributed by atoms with Crippen molar-refractivity contribution < 1.29 is 23.8 Å². The Morgan fingerprint density at radius 2 is 1.61 bits per heavy atom. The van der Waals surface area contributed by atoms with Crippen molar-refractivity contribution in [2.75, 3.05) is 24.9 Å². The highest BCUT2D eigenvalue weighted by Gasteiger charge is 2.17. The highest BCUT2D eigenvalue weighted by molar-refractivity contribution is 6.34. The monoisotopic (exact) mass is 406 g/mol. The van der Waals surface area contributed by atoms with Crippen LogP contribution in [0.3, 0.4) is 0 Å². The fourth-order valence-corrected chi connectivity index (χ4v) is 2.51. The normalized spacial score (nSPS) is 10.8. The minimum absolute atomic E-state index is 0.300. The van der Waals surface area contributed by atoms with Gasteiger partial charge in [0.15, 0.2) is 11.5 Å². The number of anilines is 2. The molecule has 0 aliphatic heterocycles. The van der Waals surface area contributed by atoms with Crippen molar-refractivity contribution in [3.05, 3.63) is 47.0 Å². The first-order chi connectivity index (χ1) is 13.1. The Hall–Kier alpha value is -2.93. The number of hydrogen-bond acceptors (Lipinski definition) is 5. The third-order valence-corrected chi connectivity index (χ3v) is 3.80. The lowest BCUT2D eigenvalue weighted by atomic mass is 10.1. The van der Waals surface area contributed by atoms with Gasteiger partial charge in [0.1, 0.15) is 5.60 Å². The van der Waals surface area contributed by atoms with Crippen LogP contribution < -0.4 is 20.1 Å². The van der Waals surface area contributed by atoms with E-state index in [1.165, 1.54) is 20.3 Å². The van der Waals surface area contributed by atoms with E-state index in [9.17, 15) is 9.59 Å². The lowest BCUT2D eigenvalue weighted by Gasteiger charge is -2.19. The molecule has 0 saturated carbocycles. The first-order valence-electron chi connectivity index (χ1n) is 8.46. The van der Waals surface area contributed by atoms with Gasteiger partial charge in [0, 0.05) is 23.4 Å². The fourth-order valence-electron chi connectivity index (χ4n) is 2.30. The Labute approximate surface area is 168 Å². The number of carbonyl (C=O) groups is 2. The summed E-state index contributed by atoms with van der Waals surface area (Å²) in [7, 11) is 2.98. The summed E-state index contributed by atoms with van der Waals surface area (Å²) < 4.78 is 15.6. The average molecular weight is 407 g/mol. The van der Waals surface area contributed by atoms with Crippen molar-refractivity contribution in [2.24, 2.45) is 0 Å². The Balaban J connectivity index is 2.16. The average Bonchev–Trinajstić information content (AvgIpc) is 2.61. The van der Waals surface area contributed by atoms with Crippen LogP contribution in [0.2, 0.25) is 5.02 Å². The van der Waals surface area contributed by atoms with Crippen LogP contribution in [0.5, 0.6) is 11.5 Å². The molecule has 0 atom stereocenters. The van der Waals surface area contributed by atoms with E-state index >= 15 is 0 Å². The smallest absolute Gasteiger partial charge is 0.412 e. The Morgan fingerprint density at radius 1 is 0.964 bits per heavy atom. The van der Waals surface area contributed by atoms with Crippen LogP contribution in [0.15, 0.2) is 36.4 Å². The lowest BCUT2D eigenvalue weighted by Crippen LogP contribution is -2.27. The molecular weight excluding hydrogens is 384 g/mol. The molecule has 0 aromatic heterocycles. The second kappa shape index (κ2) is 8.84. The summed E-state index contributed by atoms with van der Waals surface area (Å²) in [5, 5.41) is 5.62. The quantitative estimate of drug-likeness (QED) is 0.733. The molecule has 150 valence electrons. The molecule has 0 fully saturated rings. The molecule has 0 heterocycles. The number of methoxy groups -OCH3 is 2. The molecule has 2 rings (SSSR count). The van der Waals surface area contributed by atoms with Gasteiger partial charge >= 0.3 is 6.09 Å². The largest absolute Gasteiger partial charge is 0.493 e. The van der Waals surface area contributed by atoms with E-state index < -0.39 is 17.6 Å². The van der Waals surface area contributed by atoms with Gasteiger partial charge < -0.3 is 19.5 Å². The predicted octanol–water partition coefficient (Wildman–Crippen LogP) is 4.96. The molecule has 0 spiro atoms. The maximum Gasteiger partial charge on any atom is 0.412 e. The number of nitrogens with one attached hydrogen (secondary N) is 2. The van der Waals surface area contributed by atoms with Gasteiger partial charge in [-0.15, -0.1) is 0 Å². The summed E-state index contributed by atoms with van der Waals surface area (Å²) in [6.07, 6.45) is -0.604. The van der Waals surface area contributed by atoms with Crippen LogP contribution in [0.25, 0.3) is 0 Å². The van der Waals surface area contributed by atoms with Gasteiger partial charge in [-0.25, -0.2) is 4.79 Å². The van der Waals surface area contributed by atoms with Gasteiger partial charge in [0.25, 0.3) is 5.91 Å². The van der Waals surface area contributed by atoms with Crippen molar-refractivity contribution in [1.29, 1.82) is 0 Å². The SMILES string of the molecule is COc1cc(Cl)c(NC(=O)c2cccc(NC(=O)OC(C)(C)C)c2)cc1OC. The highest BCUT2D eigenvalue weighted by Crippen LogP contribution is 2.36. The van der Waals surface area contributed by atoms with Crippen LogP contribution in [-0.4, -0.2) is 31.8 Å². The number of halogens is 1. The zero-order valence-corrected chi connectivity index (χ0v) is 17.1. The molecule has 2 N–H and O–H groups in total. The Bertz CT molecular complexity index is 877. The van der Waals surface area contributed by atoms with Crippen molar-refractivity contribution >= 4 is 35.0 Å². The molecule has 0 aliphatic rings. The first kappa shape index (κ1) is 21.4. The molecule has 8 heteroatoms. The molecule has 28 heavy (non-hydrogen) atoms. The van der Waals surface area contributed by atoms with Crippen molar-refractivity contribution in [2.45, 2.75) is 26.4 Å². The van der Waals surface area contributed by atoms with Gasteiger partial charge in [-0.3, -0.25) is 10.1 Å². The van der Waals surface area contributed by atoms with E-state index in [0.717, 1.165) is 0 Å². The van der Waals surface area contributed by atoms with Crippen molar-refractivity contribution in [1.82, 2.24) is 0 Å². The van der Waals surface area contributed by atoms with E-state index in [0.29, 0.717) is 33.5 Å². The molecule has 0 radical (unpaired) electrons. The maximum atomic E-state index is 12.6. The third kappa shape index (κ3) is 5.79. The Morgan fingerprint density at radius 3 is 2.21 bits per heavy atom. The van der Waals surface area contributed by atoms with E-state index in [-0.39, 0.29) is 0 Å². The number of hydrogen-bond donors (Lipinski definition) is 2. The van der Waals surface area contributed by atoms with Crippen LogP contribution in [0, 0.1) is 0 Å². The molecular formula is C20H23ClN2O5. The number of amides is 2. The minimum Gasteiger partial charge on any atom is -0.493 e. The second-order valence-electron chi connectivity index (χ2n) is 6.85. The molecule has 0 bridgehead atoms. The van der Waals surface area contributed by atoms with E-state index in [2.05, 4.69) is 10.6 Å². The summed E-state index contributed by atoms with van der Waals surface area (Å²) >= 11 is 6.21.